The maximum atomic E-state index is 13.4. The maximum absolute atomic E-state index is 13.4. The number of nitrogens with zero attached hydrogens (tertiary/aromatic N) is 1. The second kappa shape index (κ2) is 6.71. The first-order valence-corrected chi connectivity index (χ1v) is 6.22. The largest absolute Gasteiger partial charge is 0.345 e. The molecule has 0 saturated carbocycles. The van der Waals surface area contributed by atoms with Crippen LogP contribution in [0.15, 0.2) is 22.7 Å². The number of nitrogens with one attached hydrogen (secondary N) is 1. The second-order valence-corrected chi connectivity index (χ2v) is 4.66. The first-order valence-electron chi connectivity index (χ1n) is 5.43. The Kier molecular flexibility index (Phi) is 5.58. The summed E-state index contributed by atoms with van der Waals surface area (Å²) in [6.45, 7) is 3.15. The number of carbonyl (C=O) groups excluding carboxylic acids is 1. The van der Waals surface area contributed by atoms with Gasteiger partial charge in [-0.3, -0.25) is 4.79 Å². The van der Waals surface area contributed by atoms with Crippen molar-refractivity contribution >= 4 is 21.8 Å². The SMILES string of the molecule is CCN(C)C(=O)CNCc1ccc(Br)cc1F. The molecule has 0 aliphatic carbocycles. The molecule has 0 fully saturated rings. The third kappa shape index (κ3) is 4.44. The van der Waals surface area contributed by atoms with Gasteiger partial charge in [0, 0.05) is 30.2 Å². The first kappa shape index (κ1) is 14.1. The van der Waals surface area contributed by atoms with Crippen molar-refractivity contribution in [2.75, 3.05) is 20.1 Å². The highest BCUT2D eigenvalue weighted by atomic mass is 79.9. The van der Waals surface area contributed by atoms with Crippen molar-refractivity contribution < 1.29 is 9.18 Å². The average molecular weight is 303 g/mol. The van der Waals surface area contributed by atoms with Gasteiger partial charge in [0.25, 0.3) is 0 Å². The molecular weight excluding hydrogens is 287 g/mol. The lowest BCUT2D eigenvalue weighted by Gasteiger charge is -2.14. The van der Waals surface area contributed by atoms with Gasteiger partial charge in [-0.1, -0.05) is 22.0 Å². The maximum Gasteiger partial charge on any atom is 0.236 e. The van der Waals surface area contributed by atoms with E-state index >= 15 is 0 Å². The third-order valence-electron chi connectivity index (χ3n) is 2.51. The normalized spacial score (nSPS) is 10.4. The van der Waals surface area contributed by atoms with E-state index in [4.69, 9.17) is 0 Å². The zero-order valence-electron chi connectivity index (χ0n) is 9.96. The van der Waals surface area contributed by atoms with Gasteiger partial charge in [-0.2, -0.15) is 0 Å². The molecule has 0 aromatic heterocycles. The molecule has 17 heavy (non-hydrogen) atoms. The van der Waals surface area contributed by atoms with Crippen molar-refractivity contribution in [3.8, 4) is 0 Å². The molecule has 94 valence electrons. The summed E-state index contributed by atoms with van der Waals surface area (Å²) in [6, 6.07) is 4.89. The average Bonchev–Trinajstić information content (AvgIpc) is 2.30. The second-order valence-electron chi connectivity index (χ2n) is 3.75. The van der Waals surface area contributed by atoms with E-state index in [1.54, 1.807) is 24.1 Å². The smallest absolute Gasteiger partial charge is 0.236 e. The fourth-order valence-electron chi connectivity index (χ4n) is 1.28. The van der Waals surface area contributed by atoms with Gasteiger partial charge in [0.2, 0.25) is 5.91 Å². The molecule has 0 heterocycles. The molecule has 0 aliphatic rings. The number of likely N-dealkylation sites (N-methyl/N-ethyl adjacent to an activating group) is 1. The Morgan fingerprint density at radius 3 is 2.82 bits per heavy atom. The van der Waals surface area contributed by atoms with E-state index in [2.05, 4.69) is 21.2 Å². The third-order valence-corrected chi connectivity index (χ3v) is 3.00. The van der Waals surface area contributed by atoms with Gasteiger partial charge in [-0.15, -0.1) is 0 Å². The van der Waals surface area contributed by atoms with E-state index in [0.717, 1.165) is 0 Å². The zero-order chi connectivity index (χ0) is 12.8. The zero-order valence-corrected chi connectivity index (χ0v) is 11.6. The monoisotopic (exact) mass is 302 g/mol. The van der Waals surface area contributed by atoms with Crippen LogP contribution in [0.25, 0.3) is 0 Å². The summed E-state index contributed by atoms with van der Waals surface area (Å²) in [5.74, 6) is -0.270. The van der Waals surface area contributed by atoms with Crippen molar-refractivity contribution in [3.05, 3.63) is 34.1 Å². The lowest BCUT2D eigenvalue weighted by Crippen LogP contribution is -2.35. The Bertz CT molecular complexity index is 398. The fraction of sp³-hybridized carbons (Fsp3) is 0.417. The molecule has 0 bridgehead atoms. The Balaban J connectivity index is 2.43. The van der Waals surface area contributed by atoms with Gasteiger partial charge in [0.05, 0.1) is 6.54 Å². The summed E-state index contributed by atoms with van der Waals surface area (Å²) >= 11 is 3.19. The van der Waals surface area contributed by atoms with Crippen molar-refractivity contribution in [2.45, 2.75) is 13.5 Å². The summed E-state index contributed by atoms with van der Waals surface area (Å²) in [5.41, 5.74) is 0.556. The molecule has 0 unspecified atom stereocenters. The standard InChI is InChI=1S/C12H16BrFN2O/c1-3-16(2)12(17)8-15-7-9-4-5-10(13)6-11(9)14/h4-6,15H,3,7-8H2,1-2H3. The molecule has 1 amide bonds. The van der Waals surface area contributed by atoms with Crippen molar-refractivity contribution in [3.63, 3.8) is 0 Å². The van der Waals surface area contributed by atoms with Crippen LogP contribution in [0.1, 0.15) is 12.5 Å². The van der Waals surface area contributed by atoms with Gasteiger partial charge in [0.1, 0.15) is 5.82 Å². The van der Waals surface area contributed by atoms with Gasteiger partial charge in [-0.05, 0) is 19.1 Å². The van der Waals surface area contributed by atoms with E-state index < -0.39 is 0 Å². The van der Waals surface area contributed by atoms with Crippen LogP contribution in [0.5, 0.6) is 0 Å². The van der Waals surface area contributed by atoms with Crippen LogP contribution in [0.4, 0.5) is 4.39 Å². The van der Waals surface area contributed by atoms with Crippen LogP contribution >= 0.6 is 15.9 Å². The van der Waals surface area contributed by atoms with Crippen LogP contribution in [-0.2, 0) is 11.3 Å². The molecule has 1 rings (SSSR count). The molecule has 1 aromatic rings. The topological polar surface area (TPSA) is 32.3 Å². The van der Waals surface area contributed by atoms with Gasteiger partial charge < -0.3 is 10.2 Å². The minimum atomic E-state index is -0.275. The highest BCUT2D eigenvalue weighted by molar-refractivity contribution is 9.10. The van der Waals surface area contributed by atoms with Crippen LogP contribution in [0.2, 0.25) is 0 Å². The van der Waals surface area contributed by atoms with E-state index in [0.29, 0.717) is 23.1 Å². The molecule has 0 atom stereocenters. The molecule has 0 spiro atoms. The number of amides is 1. The molecule has 0 radical (unpaired) electrons. The highest BCUT2D eigenvalue weighted by Crippen LogP contribution is 2.14. The summed E-state index contributed by atoms with van der Waals surface area (Å²) < 4.78 is 14.1. The van der Waals surface area contributed by atoms with E-state index in [9.17, 15) is 9.18 Å². The first-order chi connectivity index (χ1) is 8.04. The van der Waals surface area contributed by atoms with Crippen molar-refractivity contribution in [1.82, 2.24) is 10.2 Å². The van der Waals surface area contributed by atoms with Crippen LogP contribution in [0.3, 0.4) is 0 Å². The lowest BCUT2D eigenvalue weighted by molar-refractivity contribution is -0.128. The Hall–Kier alpha value is -0.940. The van der Waals surface area contributed by atoms with Gasteiger partial charge in [0.15, 0.2) is 0 Å². The quantitative estimate of drug-likeness (QED) is 0.904. The molecule has 3 nitrogen and oxygen atoms in total. The highest BCUT2D eigenvalue weighted by Gasteiger charge is 2.07. The molecule has 1 aromatic carbocycles. The molecule has 0 saturated heterocycles. The summed E-state index contributed by atoms with van der Waals surface area (Å²) in [4.78, 5) is 13.1. The molecule has 1 N–H and O–H groups in total. The molecular formula is C12H16BrFN2O. The van der Waals surface area contributed by atoms with E-state index in [-0.39, 0.29) is 18.3 Å². The van der Waals surface area contributed by atoms with Crippen molar-refractivity contribution in [2.24, 2.45) is 0 Å². The number of hydrogen-bond donors (Lipinski definition) is 1. The Morgan fingerprint density at radius 1 is 1.53 bits per heavy atom. The molecule has 5 heteroatoms. The number of halogens is 2. The van der Waals surface area contributed by atoms with Crippen LogP contribution in [-0.4, -0.2) is 30.9 Å². The fourth-order valence-corrected chi connectivity index (χ4v) is 1.61. The minimum Gasteiger partial charge on any atom is -0.345 e. The number of carbonyl (C=O) groups is 1. The summed E-state index contributed by atoms with van der Waals surface area (Å²) in [5, 5.41) is 2.93. The lowest BCUT2D eigenvalue weighted by atomic mass is 10.2. The predicted molar refractivity (Wildman–Crippen MR) is 69.1 cm³/mol. The Morgan fingerprint density at radius 2 is 2.24 bits per heavy atom. The van der Waals surface area contributed by atoms with Crippen LogP contribution < -0.4 is 5.32 Å². The molecule has 0 aliphatic heterocycles. The van der Waals surface area contributed by atoms with Gasteiger partial charge >= 0.3 is 0 Å². The minimum absolute atomic E-state index is 0.00465. The number of hydrogen-bond acceptors (Lipinski definition) is 2. The van der Waals surface area contributed by atoms with E-state index in [1.807, 2.05) is 6.92 Å². The number of benzene rings is 1. The number of rotatable bonds is 5. The summed E-state index contributed by atoms with van der Waals surface area (Å²) in [7, 11) is 1.74. The van der Waals surface area contributed by atoms with E-state index in [1.165, 1.54) is 6.07 Å². The Labute approximate surface area is 109 Å². The van der Waals surface area contributed by atoms with Crippen molar-refractivity contribution in [1.29, 1.82) is 0 Å². The van der Waals surface area contributed by atoms with Crippen LogP contribution in [0, 0.1) is 5.82 Å². The predicted octanol–water partition coefficient (Wildman–Crippen LogP) is 2.16. The summed E-state index contributed by atoms with van der Waals surface area (Å²) in [6.07, 6.45) is 0. The van der Waals surface area contributed by atoms with Gasteiger partial charge in [-0.25, -0.2) is 4.39 Å².